The van der Waals surface area contributed by atoms with Gasteiger partial charge in [-0.2, -0.15) is 0 Å². The van der Waals surface area contributed by atoms with Gasteiger partial charge in [-0.1, -0.05) is 6.92 Å². The van der Waals surface area contributed by atoms with E-state index in [9.17, 15) is 9.59 Å². The first kappa shape index (κ1) is 10.9. The lowest BCUT2D eigenvalue weighted by molar-refractivity contribution is 0.0598. The van der Waals surface area contributed by atoms with Gasteiger partial charge in [0, 0.05) is 12.7 Å². The fraction of sp³-hybridized carbons (Fsp3) is 0.500. The lowest BCUT2D eigenvalue weighted by Gasteiger charge is -2.10. The van der Waals surface area contributed by atoms with Crippen LogP contribution in [0, 0.1) is 0 Å². The molecule has 1 heterocycles. The summed E-state index contributed by atoms with van der Waals surface area (Å²) in [5.41, 5.74) is 2.02. The third kappa shape index (κ3) is 1.45. The Morgan fingerprint density at radius 2 is 2.25 bits per heavy atom. The van der Waals surface area contributed by atoms with Gasteiger partial charge in [0.05, 0.1) is 7.11 Å². The van der Waals surface area contributed by atoms with Gasteiger partial charge in [-0.25, -0.2) is 4.79 Å². The second-order valence-electron chi connectivity index (χ2n) is 4.26. The maximum absolute atomic E-state index is 11.9. The summed E-state index contributed by atoms with van der Waals surface area (Å²) in [5.74, 6) is -0.146. The molecule has 4 nitrogen and oxygen atoms in total. The molecule has 1 unspecified atom stereocenters. The highest BCUT2D eigenvalue weighted by atomic mass is 16.5. The average molecular weight is 221 g/mol. The SMILES string of the molecule is COC(=O)c1cc2c(n(C)c1=O)CCC2C. The molecular formula is C12H15NO3. The Balaban J connectivity index is 2.67. The lowest BCUT2D eigenvalue weighted by atomic mass is 10.0. The van der Waals surface area contributed by atoms with Crippen molar-refractivity contribution in [2.24, 2.45) is 7.05 Å². The molecule has 0 aromatic carbocycles. The van der Waals surface area contributed by atoms with Crippen LogP contribution in [0.5, 0.6) is 0 Å². The molecule has 1 aliphatic carbocycles. The molecule has 2 rings (SSSR count). The zero-order valence-corrected chi connectivity index (χ0v) is 9.74. The fourth-order valence-corrected chi connectivity index (χ4v) is 2.30. The molecule has 0 radical (unpaired) electrons. The summed E-state index contributed by atoms with van der Waals surface area (Å²) >= 11 is 0. The minimum Gasteiger partial charge on any atom is -0.465 e. The van der Waals surface area contributed by atoms with Gasteiger partial charge in [0.1, 0.15) is 5.56 Å². The number of pyridine rings is 1. The van der Waals surface area contributed by atoms with Crippen molar-refractivity contribution >= 4 is 5.97 Å². The van der Waals surface area contributed by atoms with Crippen LogP contribution in [-0.2, 0) is 18.2 Å². The average Bonchev–Trinajstić information content (AvgIpc) is 2.64. The Hall–Kier alpha value is -1.58. The van der Waals surface area contributed by atoms with Gasteiger partial charge in [-0.05, 0) is 30.4 Å². The van der Waals surface area contributed by atoms with Crippen molar-refractivity contribution in [2.75, 3.05) is 7.11 Å². The van der Waals surface area contributed by atoms with E-state index in [0.29, 0.717) is 5.92 Å². The summed E-state index contributed by atoms with van der Waals surface area (Å²) in [6.45, 7) is 2.11. The minimum atomic E-state index is -0.553. The minimum absolute atomic E-state index is 0.137. The Bertz CT molecular complexity index is 502. The summed E-state index contributed by atoms with van der Waals surface area (Å²) in [6.07, 6.45) is 1.94. The van der Waals surface area contributed by atoms with Gasteiger partial charge in [-0.15, -0.1) is 0 Å². The molecule has 1 aliphatic rings. The number of methoxy groups -OCH3 is 1. The van der Waals surface area contributed by atoms with E-state index in [0.717, 1.165) is 24.1 Å². The van der Waals surface area contributed by atoms with Crippen LogP contribution < -0.4 is 5.56 Å². The maximum Gasteiger partial charge on any atom is 0.343 e. The second-order valence-corrected chi connectivity index (χ2v) is 4.26. The number of carbonyl (C=O) groups is 1. The molecule has 4 heteroatoms. The van der Waals surface area contributed by atoms with E-state index in [-0.39, 0.29) is 11.1 Å². The molecule has 1 aromatic rings. The zero-order valence-electron chi connectivity index (χ0n) is 9.74. The highest BCUT2D eigenvalue weighted by molar-refractivity contribution is 5.89. The van der Waals surface area contributed by atoms with Gasteiger partial charge in [-0.3, -0.25) is 4.79 Å². The smallest absolute Gasteiger partial charge is 0.343 e. The topological polar surface area (TPSA) is 48.3 Å². The van der Waals surface area contributed by atoms with E-state index < -0.39 is 5.97 Å². The Morgan fingerprint density at radius 1 is 1.56 bits per heavy atom. The highest BCUT2D eigenvalue weighted by Crippen LogP contribution is 2.31. The van der Waals surface area contributed by atoms with Gasteiger partial charge < -0.3 is 9.30 Å². The normalized spacial score (nSPS) is 18.3. The van der Waals surface area contributed by atoms with Crippen molar-refractivity contribution in [3.8, 4) is 0 Å². The summed E-state index contributed by atoms with van der Waals surface area (Å²) < 4.78 is 6.19. The van der Waals surface area contributed by atoms with Crippen LogP contribution in [0.3, 0.4) is 0 Å². The zero-order chi connectivity index (χ0) is 11.9. The largest absolute Gasteiger partial charge is 0.465 e. The van der Waals surface area contributed by atoms with Gasteiger partial charge >= 0.3 is 5.97 Å². The summed E-state index contributed by atoms with van der Waals surface area (Å²) in [5, 5.41) is 0. The molecule has 0 bridgehead atoms. The van der Waals surface area contributed by atoms with Crippen LogP contribution in [0.4, 0.5) is 0 Å². The lowest BCUT2D eigenvalue weighted by Crippen LogP contribution is -2.27. The number of nitrogens with zero attached hydrogens (tertiary/aromatic N) is 1. The first-order chi connectivity index (χ1) is 7.56. The van der Waals surface area contributed by atoms with Crippen molar-refractivity contribution in [1.29, 1.82) is 0 Å². The number of ether oxygens (including phenoxy) is 1. The molecule has 86 valence electrons. The van der Waals surface area contributed by atoms with Crippen LogP contribution in [0.25, 0.3) is 0 Å². The molecule has 0 aliphatic heterocycles. The highest BCUT2D eigenvalue weighted by Gasteiger charge is 2.25. The summed E-state index contributed by atoms with van der Waals surface area (Å²) in [7, 11) is 3.00. The summed E-state index contributed by atoms with van der Waals surface area (Å²) in [6, 6.07) is 1.70. The first-order valence-electron chi connectivity index (χ1n) is 5.37. The number of aromatic nitrogens is 1. The first-order valence-corrected chi connectivity index (χ1v) is 5.37. The van der Waals surface area contributed by atoms with Gasteiger partial charge in [0.2, 0.25) is 0 Å². The second kappa shape index (κ2) is 3.77. The van der Waals surface area contributed by atoms with Gasteiger partial charge in [0.25, 0.3) is 5.56 Å². The molecule has 0 fully saturated rings. The molecule has 0 spiro atoms. The molecule has 0 amide bonds. The van der Waals surface area contributed by atoms with E-state index in [1.165, 1.54) is 7.11 Å². The van der Waals surface area contributed by atoms with Crippen LogP contribution in [0.15, 0.2) is 10.9 Å². The number of carbonyl (C=O) groups excluding carboxylic acids is 1. The van der Waals surface area contributed by atoms with Crippen LogP contribution >= 0.6 is 0 Å². The number of fused-ring (bicyclic) bond motifs is 1. The molecular weight excluding hydrogens is 206 g/mol. The predicted octanol–water partition coefficient (Wildman–Crippen LogP) is 1.22. The molecule has 1 aromatic heterocycles. The molecule has 0 saturated carbocycles. The standard InChI is InChI=1S/C12H15NO3/c1-7-4-5-10-8(7)6-9(12(15)16-3)11(14)13(10)2/h6-7H,4-5H2,1-3H3. The van der Waals surface area contributed by atoms with Crippen LogP contribution in [0.2, 0.25) is 0 Å². The number of esters is 1. The monoisotopic (exact) mass is 221 g/mol. The molecule has 16 heavy (non-hydrogen) atoms. The van der Waals surface area contributed by atoms with Crippen molar-refractivity contribution in [1.82, 2.24) is 4.57 Å². The fourth-order valence-electron chi connectivity index (χ4n) is 2.30. The Labute approximate surface area is 93.8 Å². The third-order valence-corrected chi connectivity index (χ3v) is 3.32. The van der Waals surface area contributed by atoms with E-state index >= 15 is 0 Å². The van der Waals surface area contributed by atoms with Crippen LogP contribution in [0.1, 0.15) is 40.9 Å². The number of hydrogen-bond acceptors (Lipinski definition) is 3. The summed E-state index contributed by atoms with van der Waals surface area (Å²) in [4.78, 5) is 23.4. The maximum atomic E-state index is 11.9. The van der Waals surface area contributed by atoms with Crippen molar-refractivity contribution in [3.05, 3.63) is 33.2 Å². The molecule has 1 atom stereocenters. The number of rotatable bonds is 1. The van der Waals surface area contributed by atoms with E-state index in [1.807, 2.05) is 0 Å². The predicted molar refractivity (Wildman–Crippen MR) is 59.8 cm³/mol. The van der Waals surface area contributed by atoms with E-state index in [1.54, 1.807) is 17.7 Å². The van der Waals surface area contributed by atoms with Crippen LogP contribution in [-0.4, -0.2) is 17.6 Å². The molecule has 0 saturated heterocycles. The Kier molecular flexibility index (Phi) is 2.58. The quantitative estimate of drug-likeness (QED) is 0.670. The van der Waals surface area contributed by atoms with Crippen molar-refractivity contribution in [2.45, 2.75) is 25.7 Å². The van der Waals surface area contributed by atoms with Crippen molar-refractivity contribution < 1.29 is 9.53 Å². The van der Waals surface area contributed by atoms with Gasteiger partial charge in [0.15, 0.2) is 0 Å². The van der Waals surface area contributed by atoms with E-state index in [4.69, 9.17) is 0 Å². The third-order valence-electron chi connectivity index (χ3n) is 3.32. The number of hydrogen-bond donors (Lipinski definition) is 0. The Morgan fingerprint density at radius 3 is 2.88 bits per heavy atom. The molecule has 0 N–H and O–H groups in total. The van der Waals surface area contributed by atoms with E-state index in [2.05, 4.69) is 11.7 Å². The van der Waals surface area contributed by atoms with Crippen molar-refractivity contribution in [3.63, 3.8) is 0 Å².